The number of benzene rings is 2. The van der Waals surface area contributed by atoms with Gasteiger partial charge in [0, 0.05) is 11.3 Å². The van der Waals surface area contributed by atoms with Gasteiger partial charge in [-0.1, -0.05) is 60.7 Å². The first-order valence-corrected chi connectivity index (χ1v) is 8.97. The molecule has 3 aromatic rings. The Labute approximate surface area is 161 Å². The van der Waals surface area contributed by atoms with Crippen molar-refractivity contribution < 1.29 is 9.59 Å². The molecule has 1 aliphatic rings. The van der Waals surface area contributed by atoms with Crippen molar-refractivity contribution in [2.24, 2.45) is 0 Å². The molecule has 2 aromatic carbocycles. The maximum absolute atomic E-state index is 12.9. The Hall–Kier alpha value is -3.73. The second-order valence-corrected chi connectivity index (χ2v) is 6.69. The fraction of sp³-hybridized carbons (Fsp3) is 0.0870. The van der Waals surface area contributed by atoms with Crippen molar-refractivity contribution in [2.45, 2.75) is 13.3 Å². The van der Waals surface area contributed by atoms with Crippen LogP contribution >= 0.6 is 0 Å². The average molecular weight is 370 g/mol. The molecule has 1 aromatic heterocycles. The van der Waals surface area contributed by atoms with Gasteiger partial charge in [-0.05, 0) is 35.8 Å². The van der Waals surface area contributed by atoms with Gasteiger partial charge >= 0.3 is 0 Å². The third kappa shape index (κ3) is 3.18. The van der Waals surface area contributed by atoms with Gasteiger partial charge in [-0.25, -0.2) is 0 Å². The van der Waals surface area contributed by atoms with Crippen LogP contribution in [-0.2, 0) is 11.2 Å². The molecule has 1 N–H and O–H groups in total. The molecule has 0 saturated carbocycles. The summed E-state index contributed by atoms with van der Waals surface area (Å²) in [5.74, 6) is -0.514. The lowest BCUT2D eigenvalue weighted by molar-refractivity contribution is -0.109. The van der Waals surface area contributed by atoms with Crippen LogP contribution in [0.15, 0.2) is 65.5 Å². The molecule has 1 aliphatic carbocycles. The van der Waals surface area contributed by atoms with Crippen LogP contribution < -0.4 is 5.56 Å². The van der Waals surface area contributed by atoms with Crippen molar-refractivity contribution in [3.05, 3.63) is 99.0 Å². The molecule has 5 nitrogen and oxygen atoms in total. The van der Waals surface area contributed by atoms with Crippen molar-refractivity contribution in [3.63, 3.8) is 0 Å². The molecule has 0 bridgehead atoms. The maximum atomic E-state index is 12.9. The molecule has 0 amide bonds. The van der Waals surface area contributed by atoms with Crippen LogP contribution in [0.2, 0.25) is 0 Å². The summed E-state index contributed by atoms with van der Waals surface area (Å²) in [6, 6.07) is 16.8. The van der Waals surface area contributed by atoms with Crippen molar-refractivity contribution in [3.8, 4) is 0 Å². The molecule has 0 unspecified atom stereocenters. The Kier molecular flexibility index (Phi) is 4.49. The Balaban J connectivity index is 1.73. The molecule has 0 fully saturated rings. The van der Waals surface area contributed by atoms with Crippen LogP contribution in [0.1, 0.15) is 32.7 Å². The number of carbonyl (C=O) groups is 2. The summed E-state index contributed by atoms with van der Waals surface area (Å²) < 4.78 is 1.02. The van der Waals surface area contributed by atoms with E-state index >= 15 is 0 Å². The third-order valence-electron chi connectivity index (χ3n) is 4.78. The number of nitrogens with one attached hydrogen (secondary N) is 1. The number of hydrogen-bond acceptors (Lipinski definition) is 3. The molecule has 0 spiro atoms. The molecule has 28 heavy (non-hydrogen) atoms. The average Bonchev–Trinajstić information content (AvgIpc) is 2.99. The van der Waals surface area contributed by atoms with E-state index < -0.39 is 5.56 Å². The number of ketones is 1. The van der Waals surface area contributed by atoms with Crippen molar-refractivity contribution in [2.75, 3.05) is 0 Å². The quantitative estimate of drug-likeness (QED) is 0.717. The molecule has 0 saturated heterocycles. The highest BCUT2D eigenvalue weighted by Gasteiger charge is 2.20. The largest absolute Gasteiger partial charge is 0.292 e. The predicted molar refractivity (Wildman–Crippen MR) is 109 cm³/mol. The van der Waals surface area contributed by atoms with Gasteiger partial charge in [0.15, 0.2) is 5.78 Å². The molecule has 5 heteroatoms. The van der Waals surface area contributed by atoms with E-state index in [4.69, 9.17) is 0 Å². The van der Waals surface area contributed by atoms with Crippen molar-refractivity contribution in [1.29, 1.82) is 0 Å². The van der Waals surface area contributed by atoms with Crippen LogP contribution in [0.3, 0.4) is 0 Å². The van der Waals surface area contributed by atoms with Crippen molar-refractivity contribution in [1.82, 2.24) is 9.78 Å². The number of fused-ring (bicyclic) bond motifs is 1. The van der Waals surface area contributed by atoms with Gasteiger partial charge in [-0.15, -0.1) is 0 Å². The molecule has 0 aliphatic heterocycles. The summed E-state index contributed by atoms with van der Waals surface area (Å²) in [6.45, 7) is 1.72. The zero-order valence-electron chi connectivity index (χ0n) is 15.3. The minimum absolute atomic E-state index is 0.112. The van der Waals surface area contributed by atoms with Gasteiger partial charge in [0.2, 0.25) is 0 Å². The van der Waals surface area contributed by atoms with E-state index in [0.717, 1.165) is 21.4 Å². The van der Waals surface area contributed by atoms with Crippen LogP contribution in [0, 0.1) is 6.92 Å². The summed E-state index contributed by atoms with van der Waals surface area (Å²) in [7, 11) is 0. The maximum Gasteiger partial charge on any atom is 0.281 e. The van der Waals surface area contributed by atoms with E-state index in [1.165, 1.54) is 6.08 Å². The normalized spacial score (nSPS) is 14.3. The smallest absolute Gasteiger partial charge is 0.281 e. The molecule has 138 valence electrons. The highest BCUT2D eigenvalue weighted by molar-refractivity contribution is 6.33. The van der Waals surface area contributed by atoms with Gasteiger partial charge < -0.3 is 0 Å². The first-order chi connectivity index (χ1) is 13.5. The van der Waals surface area contributed by atoms with Gasteiger partial charge in [0.25, 0.3) is 11.5 Å². The minimum atomic E-state index is -0.453. The lowest BCUT2D eigenvalue weighted by Crippen LogP contribution is -2.27. The molecule has 0 radical (unpaired) electrons. The Morgan fingerprint density at radius 2 is 1.71 bits per heavy atom. The van der Waals surface area contributed by atoms with Gasteiger partial charge in [-0.2, -0.15) is 4.68 Å². The monoisotopic (exact) mass is 370 g/mol. The molecule has 0 atom stereocenters. The summed E-state index contributed by atoms with van der Waals surface area (Å²) in [5.41, 5.74) is 3.37. The summed E-state index contributed by atoms with van der Waals surface area (Å²) in [6.07, 6.45) is 4.95. The van der Waals surface area contributed by atoms with E-state index in [0.29, 0.717) is 16.8 Å². The number of rotatable bonds is 3. The van der Waals surface area contributed by atoms with Crippen LogP contribution in [0.5, 0.6) is 0 Å². The Morgan fingerprint density at radius 3 is 2.50 bits per heavy atom. The summed E-state index contributed by atoms with van der Waals surface area (Å²) in [5, 5.41) is 2.84. The fourth-order valence-electron chi connectivity index (χ4n) is 3.32. The molecular weight excluding hydrogens is 352 g/mol. The van der Waals surface area contributed by atoms with Crippen molar-refractivity contribution >= 4 is 29.4 Å². The van der Waals surface area contributed by atoms with Gasteiger partial charge in [-0.3, -0.25) is 19.5 Å². The minimum Gasteiger partial charge on any atom is -0.292 e. The summed E-state index contributed by atoms with van der Waals surface area (Å²) >= 11 is 0. The number of allylic oxidation sites excluding steroid dienone is 2. The molecule has 1 heterocycles. The predicted octanol–water partition coefficient (Wildman–Crippen LogP) is 3.50. The van der Waals surface area contributed by atoms with Crippen LogP contribution in [-0.4, -0.2) is 21.5 Å². The van der Waals surface area contributed by atoms with E-state index in [-0.39, 0.29) is 18.1 Å². The number of aromatic amines is 1. The topological polar surface area (TPSA) is 71.9 Å². The number of nitrogens with zero attached hydrogens (tertiary/aromatic N) is 1. The van der Waals surface area contributed by atoms with E-state index in [9.17, 15) is 14.4 Å². The lowest BCUT2D eigenvalue weighted by Gasteiger charge is -2.12. The fourth-order valence-corrected chi connectivity index (χ4v) is 3.32. The zero-order valence-corrected chi connectivity index (χ0v) is 15.3. The van der Waals surface area contributed by atoms with Crippen LogP contribution in [0.25, 0.3) is 17.7 Å². The number of H-pyrrole nitrogens is 1. The molecule has 4 rings (SSSR count). The number of hydrogen-bond donors (Lipinski definition) is 1. The third-order valence-corrected chi connectivity index (χ3v) is 4.78. The van der Waals surface area contributed by atoms with E-state index in [1.807, 2.05) is 54.6 Å². The highest BCUT2D eigenvalue weighted by atomic mass is 16.2. The van der Waals surface area contributed by atoms with Crippen LogP contribution in [0.4, 0.5) is 0 Å². The number of carbonyl (C=O) groups excluding carboxylic acids is 2. The first-order valence-electron chi connectivity index (χ1n) is 8.97. The van der Waals surface area contributed by atoms with Gasteiger partial charge in [0.05, 0.1) is 12.0 Å². The standard InChI is InChI=1S/C23H18N2O3/c1-15-19(14-20-18-10-6-5-9-17(18)11-12-21(20)26)23(28)25(24-15)22(27)13-16-7-3-2-4-8-16/h2-12,14,24H,13H2,1H3/b20-14-. The molecular formula is C23H18N2O3. The second-order valence-electron chi connectivity index (χ2n) is 6.69. The lowest BCUT2D eigenvalue weighted by atomic mass is 9.90. The van der Waals surface area contributed by atoms with E-state index in [2.05, 4.69) is 5.10 Å². The highest BCUT2D eigenvalue weighted by Crippen LogP contribution is 2.28. The van der Waals surface area contributed by atoms with Gasteiger partial charge in [0.1, 0.15) is 0 Å². The van der Waals surface area contributed by atoms with E-state index in [1.54, 1.807) is 19.1 Å². The Morgan fingerprint density at radius 1 is 1.00 bits per heavy atom. The number of aryl methyl sites for hydroxylation is 1. The second kappa shape index (κ2) is 7.12. The first kappa shape index (κ1) is 17.7. The summed E-state index contributed by atoms with van der Waals surface area (Å²) in [4.78, 5) is 37.9. The SMILES string of the molecule is Cc1[nH]n(C(=O)Cc2ccccc2)c(=O)c1/C=C1\C(=O)C=Cc2ccccc21. The Bertz CT molecular complexity index is 1190. The zero-order chi connectivity index (χ0) is 19.7. The number of aromatic nitrogens is 2.